The van der Waals surface area contributed by atoms with Crippen LogP contribution >= 0.6 is 0 Å². The molecule has 0 spiro atoms. The molecule has 1 aromatic carbocycles. The quantitative estimate of drug-likeness (QED) is 0.521. The normalized spacial score (nSPS) is 10.2. The zero-order valence-electron chi connectivity index (χ0n) is 11.8. The molecule has 0 radical (unpaired) electrons. The molecule has 106 valence electrons. The van der Waals surface area contributed by atoms with Crippen LogP contribution in [0.15, 0.2) is 30.9 Å². The van der Waals surface area contributed by atoms with Crippen LogP contribution in [0.3, 0.4) is 0 Å². The van der Waals surface area contributed by atoms with Crippen molar-refractivity contribution in [1.82, 2.24) is 5.32 Å². The van der Waals surface area contributed by atoms with Crippen LogP contribution in [-0.4, -0.2) is 33.5 Å². The van der Waals surface area contributed by atoms with Crippen LogP contribution in [0, 0.1) is 0 Å². The number of ether oxygens (including phenoxy) is 3. The van der Waals surface area contributed by atoms with Gasteiger partial charge in [0.1, 0.15) is 6.61 Å². The SMILES string of the molecule is C=CCOc1ccc(CNCCOC)cc1OCC. The first-order valence-corrected chi connectivity index (χ1v) is 6.50. The Morgan fingerprint density at radius 2 is 2.11 bits per heavy atom. The predicted molar refractivity (Wildman–Crippen MR) is 76.9 cm³/mol. The molecule has 0 fully saturated rings. The van der Waals surface area contributed by atoms with Gasteiger partial charge in [-0.15, -0.1) is 0 Å². The summed E-state index contributed by atoms with van der Waals surface area (Å²) in [4.78, 5) is 0. The molecule has 1 rings (SSSR count). The second kappa shape index (κ2) is 9.42. The summed E-state index contributed by atoms with van der Waals surface area (Å²) < 4.78 is 16.1. The Morgan fingerprint density at radius 1 is 1.26 bits per heavy atom. The van der Waals surface area contributed by atoms with E-state index >= 15 is 0 Å². The van der Waals surface area contributed by atoms with Gasteiger partial charge in [-0.3, -0.25) is 0 Å². The lowest BCUT2D eigenvalue weighted by molar-refractivity contribution is 0.199. The maximum absolute atomic E-state index is 5.59. The van der Waals surface area contributed by atoms with Crippen LogP contribution < -0.4 is 14.8 Å². The molecule has 0 aliphatic heterocycles. The highest BCUT2D eigenvalue weighted by atomic mass is 16.5. The third-order valence-electron chi connectivity index (χ3n) is 2.48. The Morgan fingerprint density at radius 3 is 2.79 bits per heavy atom. The minimum atomic E-state index is 0.478. The van der Waals surface area contributed by atoms with Crippen molar-refractivity contribution >= 4 is 0 Å². The summed E-state index contributed by atoms with van der Waals surface area (Å²) in [7, 11) is 1.70. The Balaban J connectivity index is 2.63. The number of benzene rings is 1. The average Bonchev–Trinajstić information content (AvgIpc) is 2.43. The summed E-state index contributed by atoms with van der Waals surface area (Å²) in [5.74, 6) is 1.53. The van der Waals surface area contributed by atoms with E-state index in [9.17, 15) is 0 Å². The minimum absolute atomic E-state index is 0.478. The molecular weight excluding hydrogens is 242 g/mol. The van der Waals surface area contributed by atoms with Gasteiger partial charge in [-0.1, -0.05) is 18.7 Å². The van der Waals surface area contributed by atoms with Gasteiger partial charge in [-0.2, -0.15) is 0 Å². The van der Waals surface area contributed by atoms with Gasteiger partial charge < -0.3 is 19.5 Å². The standard InChI is InChI=1S/C15H23NO3/c1-4-9-19-14-7-6-13(11-15(14)18-5-2)12-16-8-10-17-3/h4,6-7,11,16H,1,5,8-10,12H2,2-3H3. The number of hydrogen-bond donors (Lipinski definition) is 1. The second-order valence-electron chi connectivity index (χ2n) is 3.98. The van der Waals surface area contributed by atoms with Crippen molar-refractivity contribution in [2.75, 3.05) is 33.5 Å². The lowest BCUT2D eigenvalue weighted by Crippen LogP contribution is -2.18. The molecule has 0 bridgehead atoms. The molecule has 0 heterocycles. The number of hydrogen-bond acceptors (Lipinski definition) is 4. The van der Waals surface area contributed by atoms with E-state index in [1.54, 1.807) is 13.2 Å². The summed E-state index contributed by atoms with van der Waals surface area (Å²) in [5.41, 5.74) is 1.16. The van der Waals surface area contributed by atoms with E-state index in [4.69, 9.17) is 14.2 Å². The molecule has 0 saturated heterocycles. The van der Waals surface area contributed by atoms with Gasteiger partial charge >= 0.3 is 0 Å². The van der Waals surface area contributed by atoms with Crippen molar-refractivity contribution in [1.29, 1.82) is 0 Å². The van der Waals surface area contributed by atoms with E-state index < -0.39 is 0 Å². The molecule has 1 aromatic rings. The van der Waals surface area contributed by atoms with Gasteiger partial charge in [0.2, 0.25) is 0 Å². The van der Waals surface area contributed by atoms with Crippen molar-refractivity contribution in [2.24, 2.45) is 0 Å². The van der Waals surface area contributed by atoms with Crippen molar-refractivity contribution in [3.05, 3.63) is 36.4 Å². The van der Waals surface area contributed by atoms with E-state index in [0.29, 0.717) is 19.8 Å². The number of nitrogens with one attached hydrogen (secondary N) is 1. The maximum Gasteiger partial charge on any atom is 0.161 e. The van der Waals surface area contributed by atoms with Crippen molar-refractivity contribution in [2.45, 2.75) is 13.5 Å². The molecule has 1 N–H and O–H groups in total. The summed E-state index contributed by atoms with van der Waals surface area (Å²) in [5, 5.41) is 3.30. The van der Waals surface area contributed by atoms with Gasteiger partial charge in [-0.05, 0) is 24.6 Å². The first-order chi connectivity index (χ1) is 9.31. The van der Waals surface area contributed by atoms with E-state index in [1.165, 1.54) is 0 Å². The largest absolute Gasteiger partial charge is 0.490 e. The monoisotopic (exact) mass is 265 g/mol. The fourth-order valence-electron chi connectivity index (χ4n) is 1.61. The van der Waals surface area contributed by atoms with Crippen molar-refractivity contribution in [3.8, 4) is 11.5 Å². The molecule has 19 heavy (non-hydrogen) atoms. The molecule has 0 aliphatic carbocycles. The molecule has 0 amide bonds. The van der Waals surface area contributed by atoms with Crippen LogP contribution in [-0.2, 0) is 11.3 Å². The van der Waals surface area contributed by atoms with Gasteiger partial charge in [-0.25, -0.2) is 0 Å². The van der Waals surface area contributed by atoms with Gasteiger partial charge in [0.05, 0.1) is 13.2 Å². The van der Waals surface area contributed by atoms with Crippen LogP contribution in [0.2, 0.25) is 0 Å². The van der Waals surface area contributed by atoms with Crippen LogP contribution in [0.4, 0.5) is 0 Å². The lowest BCUT2D eigenvalue weighted by atomic mass is 10.2. The maximum atomic E-state index is 5.59. The average molecular weight is 265 g/mol. The molecule has 0 saturated carbocycles. The highest BCUT2D eigenvalue weighted by molar-refractivity contribution is 5.43. The van der Waals surface area contributed by atoms with E-state index in [2.05, 4.69) is 11.9 Å². The highest BCUT2D eigenvalue weighted by Crippen LogP contribution is 2.28. The third kappa shape index (κ3) is 5.77. The van der Waals surface area contributed by atoms with E-state index in [0.717, 1.165) is 30.2 Å². The van der Waals surface area contributed by atoms with Gasteiger partial charge in [0.25, 0.3) is 0 Å². The molecule has 4 heteroatoms. The molecular formula is C15H23NO3. The second-order valence-corrected chi connectivity index (χ2v) is 3.98. The van der Waals surface area contributed by atoms with Crippen LogP contribution in [0.5, 0.6) is 11.5 Å². The topological polar surface area (TPSA) is 39.7 Å². The van der Waals surface area contributed by atoms with Crippen LogP contribution in [0.1, 0.15) is 12.5 Å². The first-order valence-electron chi connectivity index (χ1n) is 6.50. The third-order valence-corrected chi connectivity index (χ3v) is 2.48. The molecule has 0 atom stereocenters. The summed E-state index contributed by atoms with van der Waals surface area (Å²) in [6, 6.07) is 5.96. The van der Waals surface area contributed by atoms with Gasteiger partial charge in [0.15, 0.2) is 11.5 Å². The summed E-state index contributed by atoms with van der Waals surface area (Å²) in [6.07, 6.45) is 1.72. The zero-order valence-corrected chi connectivity index (χ0v) is 11.8. The number of methoxy groups -OCH3 is 1. The van der Waals surface area contributed by atoms with Crippen molar-refractivity contribution in [3.63, 3.8) is 0 Å². The summed E-state index contributed by atoms with van der Waals surface area (Å²) >= 11 is 0. The highest BCUT2D eigenvalue weighted by Gasteiger charge is 2.05. The minimum Gasteiger partial charge on any atom is -0.490 e. The fourth-order valence-corrected chi connectivity index (χ4v) is 1.61. The Hall–Kier alpha value is -1.52. The first kappa shape index (κ1) is 15.5. The molecule has 0 aliphatic rings. The fraction of sp³-hybridized carbons (Fsp3) is 0.467. The Labute approximate surface area is 115 Å². The molecule has 0 aromatic heterocycles. The van der Waals surface area contributed by atoms with E-state index in [-0.39, 0.29) is 0 Å². The van der Waals surface area contributed by atoms with Crippen molar-refractivity contribution < 1.29 is 14.2 Å². The Kier molecular flexibility index (Phi) is 7.70. The molecule has 4 nitrogen and oxygen atoms in total. The summed E-state index contributed by atoms with van der Waals surface area (Å²) in [6.45, 7) is 9.01. The van der Waals surface area contributed by atoms with E-state index in [1.807, 2.05) is 25.1 Å². The number of rotatable bonds is 10. The zero-order chi connectivity index (χ0) is 13.9. The smallest absolute Gasteiger partial charge is 0.161 e. The predicted octanol–water partition coefficient (Wildman–Crippen LogP) is 2.39. The lowest BCUT2D eigenvalue weighted by Gasteiger charge is -2.13. The molecule has 0 unspecified atom stereocenters. The van der Waals surface area contributed by atoms with Gasteiger partial charge in [0, 0.05) is 20.2 Å². The van der Waals surface area contributed by atoms with Crippen LogP contribution in [0.25, 0.3) is 0 Å². The Bertz CT molecular complexity index is 380.